The van der Waals surface area contributed by atoms with Gasteiger partial charge in [0.15, 0.2) is 0 Å². The molecule has 21 heavy (non-hydrogen) atoms. The van der Waals surface area contributed by atoms with Crippen LogP contribution in [0.4, 0.5) is 0 Å². The molecule has 3 N–H and O–H groups in total. The van der Waals surface area contributed by atoms with E-state index in [9.17, 15) is 9.90 Å². The van der Waals surface area contributed by atoms with Crippen molar-refractivity contribution < 1.29 is 9.90 Å². The highest BCUT2D eigenvalue weighted by Gasteiger charge is 2.14. The van der Waals surface area contributed by atoms with Crippen molar-refractivity contribution in [1.29, 1.82) is 0 Å². The molecule has 1 aromatic heterocycles. The van der Waals surface area contributed by atoms with Crippen LogP contribution >= 0.6 is 0 Å². The number of carbonyl (C=O) groups excluding carboxylic acids is 1. The molecule has 1 heterocycles. The Morgan fingerprint density at radius 1 is 1.43 bits per heavy atom. The van der Waals surface area contributed by atoms with Crippen LogP contribution in [0.1, 0.15) is 31.4 Å². The lowest BCUT2D eigenvalue weighted by Crippen LogP contribution is -2.36. The molecule has 4 nitrogen and oxygen atoms in total. The predicted octanol–water partition coefficient (Wildman–Crippen LogP) is 2.54. The highest BCUT2D eigenvalue weighted by molar-refractivity contribution is 5.89. The topological polar surface area (TPSA) is 65.1 Å². The molecule has 2 aromatic rings. The van der Waals surface area contributed by atoms with E-state index in [4.69, 9.17) is 0 Å². The van der Waals surface area contributed by atoms with Gasteiger partial charge in [-0.05, 0) is 30.0 Å². The van der Waals surface area contributed by atoms with Crippen molar-refractivity contribution in [2.45, 2.75) is 39.7 Å². The Kier molecular flexibility index (Phi) is 5.02. The minimum absolute atomic E-state index is 0.0566. The lowest BCUT2D eigenvalue weighted by molar-refractivity contribution is -0.121. The summed E-state index contributed by atoms with van der Waals surface area (Å²) < 4.78 is 0. The smallest absolute Gasteiger partial charge is 0.224 e. The van der Waals surface area contributed by atoms with Crippen LogP contribution in [-0.2, 0) is 11.2 Å². The Balaban J connectivity index is 1.95. The number of carbonyl (C=O) groups is 1. The van der Waals surface area contributed by atoms with Crippen LogP contribution < -0.4 is 5.32 Å². The van der Waals surface area contributed by atoms with Crippen LogP contribution in [0.25, 0.3) is 10.9 Å². The summed E-state index contributed by atoms with van der Waals surface area (Å²) in [4.78, 5) is 15.2. The summed E-state index contributed by atoms with van der Waals surface area (Å²) in [6.45, 7) is 6.38. The van der Waals surface area contributed by atoms with E-state index in [-0.39, 0.29) is 11.8 Å². The quantitative estimate of drug-likeness (QED) is 0.765. The van der Waals surface area contributed by atoms with E-state index < -0.39 is 6.10 Å². The maximum absolute atomic E-state index is 12.0. The summed E-state index contributed by atoms with van der Waals surface area (Å²) >= 11 is 0. The van der Waals surface area contributed by atoms with E-state index in [0.717, 1.165) is 22.9 Å². The van der Waals surface area contributed by atoms with Crippen LogP contribution in [0, 0.1) is 12.8 Å². The third kappa shape index (κ3) is 3.85. The fourth-order valence-corrected chi connectivity index (χ4v) is 2.37. The third-order valence-electron chi connectivity index (χ3n) is 4.08. The molecule has 0 spiro atoms. The highest BCUT2D eigenvalue weighted by atomic mass is 16.3. The summed E-state index contributed by atoms with van der Waals surface area (Å²) in [5.74, 6) is 0.139. The minimum Gasteiger partial charge on any atom is -0.391 e. The number of aliphatic hydroxyl groups is 1. The fraction of sp³-hybridized carbons (Fsp3) is 0.471. The van der Waals surface area contributed by atoms with E-state index in [1.165, 1.54) is 5.56 Å². The largest absolute Gasteiger partial charge is 0.391 e. The zero-order valence-corrected chi connectivity index (χ0v) is 12.9. The van der Waals surface area contributed by atoms with Crippen LogP contribution in [0.2, 0.25) is 0 Å². The normalized spacial score (nSPS) is 14.1. The van der Waals surface area contributed by atoms with Crippen molar-refractivity contribution in [3.63, 3.8) is 0 Å². The summed E-state index contributed by atoms with van der Waals surface area (Å²) in [5.41, 5.74) is 3.23. The Labute approximate surface area is 125 Å². The Bertz CT molecular complexity index is 618. The predicted molar refractivity (Wildman–Crippen MR) is 85.2 cm³/mol. The molecule has 4 heteroatoms. The van der Waals surface area contributed by atoms with Crippen molar-refractivity contribution in [1.82, 2.24) is 10.3 Å². The lowest BCUT2D eigenvalue weighted by Gasteiger charge is -2.17. The number of aliphatic hydroxyl groups excluding tert-OH is 1. The van der Waals surface area contributed by atoms with Gasteiger partial charge in [-0.25, -0.2) is 0 Å². The van der Waals surface area contributed by atoms with E-state index in [1.54, 1.807) is 0 Å². The van der Waals surface area contributed by atoms with Crippen LogP contribution in [-0.4, -0.2) is 28.6 Å². The molecule has 114 valence electrons. The second-order valence-corrected chi connectivity index (χ2v) is 5.80. The average Bonchev–Trinajstić information content (AvgIpc) is 2.85. The molecule has 0 aliphatic rings. The van der Waals surface area contributed by atoms with Crippen molar-refractivity contribution in [3.05, 3.63) is 35.5 Å². The number of aryl methyl sites for hydroxylation is 1. The zero-order chi connectivity index (χ0) is 15.4. The Hall–Kier alpha value is -1.81. The molecule has 2 atom stereocenters. The number of fused-ring (bicyclic) bond motifs is 1. The molecule has 0 aliphatic heterocycles. The van der Waals surface area contributed by atoms with Gasteiger partial charge >= 0.3 is 0 Å². The second kappa shape index (κ2) is 6.76. The first kappa shape index (κ1) is 15.6. The number of amides is 1. The number of hydrogen-bond donors (Lipinski definition) is 3. The van der Waals surface area contributed by atoms with Gasteiger partial charge < -0.3 is 15.4 Å². The van der Waals surface area contributed by atoms with Crippen LogP contribution in [0.5, 0.6) is 0 Å². The van der Waals surface area contributed by atoms with Crippen molar-refractivity contribution in [2.75, 3.05) is 6.54 Å². The van der Waals surface area contributed by atoms with Gasteiger partial charge in [-0.3, -0.25) is 4.79 Å². The third-order valence-corrected chi connectivity index (χ3v) is 4.08. The Morgan fingerprint density at radius 3 is 2.90 bits per heavy atom. The van der Waals surface area contributed by atoms with Gasteiger partial charge in [0.25, 0.3) is 0 Å². The maximum Gasteiger partial charge on any atom is 0.224 e. The van der Waals surface area contributed by atoms with E-state index in [0.29, 0.717) is 13.0 Å². The highest BCUT2D eigenvalue weighted by Crippen LogP contribution is 2.19. The molecule has 0 saturated carbocycles. The van der Waals surface area contributed by atoms with Crippen molar-refractivity contribution in [3.8, 4) is 0 Å². The standard InChI is InChI=1S/C17H24N2O2/c1-4-12(3)16(20)10-19-17(21)8-13-9-18-15-7-11(2)5-6-14(13)15/h5-7,9,12,16,18,20H,4,8,10H2,1-3H3,(H,19,21). The van der Waals surface area contributed by atoms with Crippen molar-refractivity contribution in [2.24, 2.45) is 5.92 Å². The summed E-state index contributed by atoms with van der Waals surface area (Å²) in [6, 6.07) is 6.16. The SMILES string of the molecule is CCC(C)C(O)CNC(=O)Cc1c[nH]c2cc(C)ccc12. The van der Waals surface area contributed by atoms with E-state index in [1.807, 2.05) is 39.1 Å². The van der Waals surface area contributed by atoms with Crippen LogP contribution in [0.15, 0.2) is 24.4 Å². The minimum atomic E-state index is -0.482. The van der Waals surface area contributed by atoms with E-state index in [2.05, 4.69) is 16.4 Å². The number of aromatic amines is 1. The summed E-state index contributed by atoms with van der Waals surface area (Å²) in [6.07, 6.45) is 2.63. The number of nitrogens with one attached hydrogen (secondary N) is 2. The van der Waals surface area contributed by atoms with E-state index >= 15 is 0 Å². The first-order valence-corrected chi connectivity index (χ1v) is 7.52. The summed E-state index contributed by atoms with van der Waals surface area (Å²) in [5, 5.41) is 13.8. The van der Waals surface area contributed by atoms with Gasteiger partial charge in [-0.2, -0.15) is 0 Å². The first-order chi connectivity index (χ1) is 10.0. The molecule has 2 rings (SSSR count). The van der Waals surface area contributed by atoms with Gasteiger partial charge in [0.1, 0.15) is 0 Å². The molecular formula is C17H24N2O2. The number of hydrogen-bond acceptors (Lipinski definition) is 2. The average molecular weight is 288 g/mol. The number of H-pyrrole nitrogens is 1. The molecule has 1 amide bonds. The molecule has 1 aromatic carbocycles. The van der Waals surface area contributed by atoms with Crippen molar-refractivity contribution >= 4 is 16.8 Å². The van der Waals surface area contributed by atoms with Gasteiger partial charge in [-0.1, -0.05) is 32.4 Å². The summed E-state index contributed by atoms with van der Waals surface area (Å²) in [7, 11) is 0. The zero-order valence-electron chi connectivity index (χ0n) is 12.9. The molecule has 0 fully saturated rings. The monoisotopic (exact) mass is 288 g/mol. The number of rotatable bonds is 6. The van der Waals surface area contributed by atoms with Gasteiger partial charge in [0.05, 0.1) is 12.5 Å². The molecule has 2 unspecified atom stereocenters. The fourth-order valence-electron chi connectivity index (χ4n) is 2.37. The first-order valence-electron chi connectivity index (χ1n) is 7.52. The molecule has 0 aliphatic carbocycles. The molecule has 0 bridgehead atoms. The van der Waals surface area contributed by atoms with Gasteiger partial charge in [0, 0.05) is 23.6 Å². The number of benzene rings is 1. The van der Waals surface area contributed by atoms with Gasteiger partial charge in [-0.15, -0.1) is 0 Å². The lowest BCUT2D eigenvalue weighted by atomic mass is 10.0. The molecule has 0 radical (unpaired) electrons. The number of aromatic nitrogens is 1. The van der Waals surface area contributed by atoms with Gasteiger partial charge in [0.2, 0.25) is 5.91 Å². The maximum atomic E-state index is 12.0. The second-order valence-electron chi connectivity index (χ2n) is 5.80. The van der Waals surface area contributed by atoms with Crippen LogP contribution in [0.3, 0.4) is 0 Å². The molecular weight excluding hydrogens is 264 g/mol. The Morgan fingerprint density at radius 2 is 2.19 bits per heavy atom. The molecule has 0 saturated heterocycles.